The maximum Gasteiger partial charge on any atom is 0.0866 e. The van der Waals surface area contributed by atoms with E-state index in [0.717, 1.165) is 32.2 Å². The molecule has 0 aromatic carbocycles. The molecule has 1 N–H and O–H groups in total. The molecule has 2 fully saturated rings. The molecular formula is C19H40N4O. The topological polar surface area (TPSA) is 51.5 Å². The number of nitrogens with zero attached hydrogens (tertiary/aromatic N) is 3. The molecule has 5 nitrogen and oxygen atoms in total. The van der Waals surface area contributed by atoms with Gasteiger partial charge in [-0.15, -0.1) is 0 Å². The molecule has 24 heavy (non-hydrogen) atoms. The summed E-state index contributed by atoms with van der Waals surface area (Å²) in [6, 6.07) is 2.77. The first-order chi connectivity index (χ1) is 11.7. The van der Waals surface area contributed by atoms with Gasteiger partial charge in [0.15, 0.2) is 0 Å². The Bertz CT molecular complexity index is 319. The molecule has 2 aliphatic rings. The van der Waals surface area contributed by atoms with Crippen LogP contribution in [0.3, 0.4) is 0 Å². The lowest BCUT2D eigenvalue weighted by atomic mass is 10.0. The van der Waals surface area contributed by atoms with Gasteiger partial charge in [0.2, 0.25) is 0 Å². The highest BCUT2D eigenvalue weighted by atomic mass is 16.5. The maximum absolute atomic E-state index is 8.47. The molecule has 2 saturated heterocycles. The number of piperidine rings is 2. The molecule has 0 radical (unpaired) electrons. The summed E-state index contributed by atoms with van der Waals surface area (Å²) < 4.78 is 5.04. The summed E-state index contributed by atoms with van der Waals surface area (Å²) in [6.45, 7) is 13.6. The quantitative estimate of drug-likeness (QED) is 0.780. The second-order valence-corrected chi connectivity index (χ2v) is 6.56. The third-order valence-corrected chi connectivity index (χ3v) is 4.56. The molecule has 2 aliphatic heterocycles. The first-order valence-corrected chi connectivity index (χ1v) is 9.67. The van der Waals surface area contributed by atoms with E-state index < -0.39 is 0 Å². The molecule has 2 atom stereocenters. The molecular weight excluding hydrogens is 300 g/mol. The van der Waals surface area contributed by atoms with E-state index >= 15 is 0 Å². The summed E-state index contributed by atoms with van der Waals surface area (Å²) in [4.78, 5) is 4.70. The number of hydrogen-bond acceptors (Lipinski definition) is 5. The molecule has 0 aromatic heterocycles. The van der Waals surface area contributed by atoms with Crippen LogP contribution in [0.15, 0.2) is 0 Å². The van der Waals surface area contributed by atoms with Crippen molar-refractivity contribution in [3.05, 3.63) is 0 Å². The molecule has 0 bridgehead atoms. The first kappa shape index (κ1) is 23.3. The molecule has 2 rings (SSSR count). The van der Waals surface area contributed by atoms with Crippen LogP contribution in [-0.2, 0) is 4.74 Å². The summed E-state index contributed by atoms with van der Waals surface area (Å²) >= 11 is 0. The van der Waals surface area contributed by atoms with Gasteiger partial charge in [-0.3, -0.25) is 4.90 Å². The minimum atomic E-state index is 0.582. The minimum absolute atomic E-state index is 0.582. The van der Waals surface area contributed by atoms with Gasteiger partial charge in [0.05, 0.1) is 19.2 Å². The van der Waals surface area contributed by atoms with Gasteiger partial charge in [-0.2, -0.15) is 5.26 Å². The third-order valence-electron chi connectivity index (χ3n) is 4.56. The van der Waals surface area contributed by atoms with Crippen LogP contribution in [0.25, 0.3) is 0 Å². The molecule has 2 unspecified atom stereocenters. The SMILES string of the molecule is CC.CNC1CCCN(CC#N)C1.COCCN1CCCC(C)C1. The zero-order chi connectivity index (χ0) is 18.2. The first-order valence-electron chi connectivity index (χ1n) is 9.67. The van der Waals surface area contributed by atoms with Crippen LogP contribution in [0, 0.1) is 17.2 Å². The Hall–Kier alpha value is -0.670. The molecule has 142 valence electrons. The second-order valence-electron chi connectivity index (χ2n) is 6.56. The van der Waals surface area contributed by atoms with Gasteiger partial charge in [-0.1, -0.05) is 20.8 Å². The van der Waals surface area contributed by atoms with E-state index in [1.165, 1.54) is 38.8 Å². The van der Waals surface area contributed by atoms with Crippen molar-refractivity contribution in [1.82, 2.24) is 15.1 Å². The molecule has 0 aromatic rings. The van der Waals surface area contributed by atoms with Crippen LogP contribution in [0.5, 0.6) is 0 Å². The van der Waals surface area contributed by atoms with Crippen molar-refractivity contribution in [2.75, 3.05) is 60.0 Å². The fourth-order valence-corrected chi connectivity index (χ4v) is 3.24. The van der Waals surface area contributed by atoms with Crippen LogP contribution >= 0.6 is 0 Å². The van der Waals surface area contributed by atoms with E-state index in [-0.39, 0.29) is 0 Å². The average molecular weight is 341 g/mol. The Morgan fingerprint density at radius 3 is 2.38 bits per heavy atom. The van der Waals surface area contributed by atoms with Crippen molar-refractivity contribution in [1.29, 1.82) is 5.26 Å². The summed E-state index contributed by atoms with van der Waals surface area (Å²) in [5, 5.41) is 11.7. The van der Waals surface area contributed by atoms with Gasteiger partial charge in [0.1, 0.15) is 0 Å². The molecule has 0 saturated carbocycles. The number of methoxy groups -OCH3 is 1. The Morgan fingerprint density at radius 2 is 1.79 bits per heavy atom. The minimum Gasteiger partial charge on any atom is -0.383 e. The molecule has 0 amide bonds. The van der Waals surface area contributed by atoms with Gasteiger partial charge in [0, 0.05) is 32.8 Å². The van der Waals surface area contributed by atoms with Gasteiger partial charge >= 0.3 is 0 Å². The molecule has 0 spiro atoms. The highest BCUT2D eigenvalue weighted by Gasteiger charge is 2.17. The van der Waals surface area contributed by atoms with Gasteiger partial charge in [0.25, 0.3) is 0 Å². The number of nitrogens with one attached hydrogen (secondary N) is 1. The third kappa shape index (κ3) is 11.0. The van der Waals surface area contributed by atoms with Crippen molar-refractivity contribution in [3.63, 3.8) is 0 Å². The lowest BCUT2D eigenvalue weighted by Gasteiger charge is -2.30. The average Bonchev–Trinajstić information content (AvgIpc) is 2.63. The Morgan fingerprint density at radius 1 is 1.12 bits per heavy atom. The van der Waals surface area contributed by atoms with E-state index in [1.807, 2.05) is 20.9 Å². The normalized spacial score (nSPS) is 24.8. The summed E-state index contributed by atoms with van der Waals surface area (Å²) in [5.74, 6) is 0.889. The predicted molar refractivity (Wildman–Crippen MR) is 102 cm³/mol. The zero-order valence-electron chi connectivity index (χ0n) is 16.7. The highest BCUT2D eigenvalue weighted by Crippen LogP contribution is 2.14. The fourth-order valence-electron chi connectivity index (χ4n) is 3.24. The molecule has 0 aliphatic carbocycles. The summed E-state index contributed by atoms with van der Waals surface area (Å²) in [6.07, 6.45) is 5.24. The van der Waals surface area contributed by atoms with Crippen LogP contribution < -0.4 is 5.32 Å². The van der Waals surface area contributed by atoms with Crippen molar-refractivity contribution in [2.24, 2.45) is 5.92 Å². The van der Waals surface area contributed by atoms with E-state index in [0.29, 0.717) is 12.6 Å². The monoisotopic (exact) mass is 340 g/mol. The van der Waals surface area contributed by atoms with Crippen molar-refractivity contribution in [3.8, 4) is 6.07 Å². The highest BCUT2D eigenvalue weighted by molar-refractivity contribution is 4.83. The van der Waals surface area contributed by atoms with Gasteiger partial charge in [-0.05, 0) is 51.7 Å². The van der Waals surface area contributed by atoms with Crippen molar-refractivity contribution >= 4 is 0 Å². The van der Waals surface area contributed by atoms with Crippen molar-refractivity contribution < 1.29 is 4.74 Å². The van der Waals surface area contributed by atoms with Crippen LogP contribution in [-0.4, -0.2) is 75.9 Å². The molecule has 2 heterocycles. The van der Waals surface area contributed by atoms with E-state index in [9.17, 15) is 0 Å². The molecule has 5 heteroatoms. The largest absolute Gasteiger partial charge is 0.383 e. The number of likely N-dealkylation sites (N-methyl/N-ethyl adjacent to an activating group) is 1. The Kier molecular flexibility index (Phi) is 15.4. The number of nitriles is 1. The van der Waals surface area contributed by atoms with Gasteiger partial charge in [-0.25, -0.2) is 0 Å². The number of rotatable bonds is 5. The van der Waals surface area contributed by atoms with Crippen LogP contribution in [0.1, 0.15) is 46.5 Å². The summed E-state index contributed by atoms with van der Waals surface area (Å²) in [5.41, 5.74) is 0. The second kappa shape index (κ2) is 15.8. The zero-order valence-corrected chi connectivity index (χ0v) is 16.7. The lowest BCUT2D eigenvalue weighted by Crippen LogP contribution is -2.44. The Balaban J connectivity index is 0.000000400. The smallest absolute Gasteiger partial charge is 0.0866 e. The van der Waals surface area contributed by atoms with E-state index in [4.69, 9.17) is 10.00 Å². The number of hydrogen-bond donors (Lipinski definition) is 1. The van der Waals surface area contributed by atoms with Crippen LogP contribution in [0.4, 0.5) is 0 Å². The van der Waals surface area contributed by atoms with E-state index in [1.54, 1.807) is 7.11 Å². The number of likely N-dealkylation sites (tertiary alicyclic amines) is 2. The predicted octanol–water partition coefficient (Wildman–Crippen LogP) is 2.58. The van der Waals surface area contributed by atoms with Gasteiger partial charge < -0.3 is 15.0 Å². The summed E-state index contributed by atoms with van der Waals surface area (Å²) in [7, 11) is 3.76. The standard InChI is InChI=1S/C9H19NO.C8H15N3.C2H6/c1-9-4-3-5-10(8-9)6-7-11-2;1-10-8-3-2-5-11(7-8)6-4-9;1-2/h9H,3-8H2,1-2H3;8,10H,2-3,5-7H2,1H3;1-2H3. The van der Waals surface area contributed by atoms with Crippen LogP contribution in [0.2, 0.25) is 0 Å². The fraction of sp³-hybridized carbons (Fsp3) is 0.947. The lowest BCUT2D eigenvalue weighted by molar-refractivity contribution is 0.118. The Labute approximate surface area is 150 Å². The van der Waals surface area contributed by atoms with Crippen molar-refractivity contribution in [2.45, 2.75) is 52.5 Å². The number of ether oxygens (including phenoxy) is 1. The maximum atomic E-state index is 8.47. The van der Waals surface area contributed by atoms with E-state index in [2.05, 4.69) is 28.1 Å².